The van der Waals surface area contributed by atoms with E-state index in [0.29, 0.717) is 17.0 Å². The first-order valence-electron chi connectivity index (χ1n) is 10.6. The van der Waals surface area contributed by atoms with E-state index in [0.717, 1.165) is 21.7 Å². The van der Waals surface area contributed by atoms with Gasteiger partial charge in [-0.05, 0) is 48.2 Å². The highest BCUT2D eigenvalue weighted by Gasteiger charge is 2.27. The number of hydrogen-bond donors (Lipinski definition) is 1. The van der Waals surface area contributed by atoms with E-state index in [-0.39, 0.29) is 17.7 Å². The van der Waals surface area contributed by atoms with Gasteiger partial charge in [0.15, 0.2) is 0 Å². The Labute approximate surface area is 193 Å². The van der Waals surface area contributed by atoms with E-state index in [9.17, 15) is 9.59 Å². The lowest BCUT2D eigenvalue weighted by Gasteiger charge is -2.27. The van der Waals surface area contributed by atoms with Crippen molar-refractivity contribution in [1.29, 1.82) is 0 Å². The monoisotopic (exact) mass is 442 g/mol. The summed E-state index contributed by atoms with van der Waals surface area (Å²) in [6.07, 6.45) is 1.92. The molecule has 1 unspecified atom stereocenters. The van der Waals surface area contributed by atoms with Gasteiger partial charge in [0, 0.05) is 24.1 Å². The second kappa shape index (κ2) is 9.45. The van der Waals surface area contributed by atoms with Gasteiger partial charge in [0.1, 0.15) is 0 Å². The number of likely N-dealkylation sites (N-methyl/N-ethyl adjacent to an activating group) is 1. The third kappa shape index (κ3) is 4.78. The number of anilines is 1. The molecule has 2 amide bonds. The van der Waals surface area contributed by atoms with Crippen LogP contribution in [-0.4, -0.2) is 25.4 Å². The summed E-state index contributed by atoms with van der Waals surface area (Å²) in [5.74, 6) is 0.00805. The van der Waals surface area contributed by atoms with Crippen LogP contribution in [0.4, 0.5) is 5.69 Å². The van der Waals surface area contributed by atoms with E-state index in [1.807, 2.05) is 61.5 Å². The largest absolute Gasteiger partial charge is 0.351 e. The van der Waals surface area contributed by atoms with Gasteiger partial charge < -0.3 is 10.2 Å². The standard InChI is InChI=1S/C27H26N2O2S/c1-18-8-7-9-20(14-18)15-25-27(31)29(3)23-16-22(12-13-24(23)32-25)26(30)28-17-19(2)21-10-5-4-6-11-21/h4-16,19H,17H2,1-3H3,(H,28,30)/b25-15+. The topological polar surface area (TPSA) is 49.4 Å². The zero-order valence-corrected chi connectivity index (χ0v) is 19.3. The zero-order valence-electron chi connectivity index (χ0n) is 18.5. The number of amides is 2. The number of nitrogens with one attached hydrogen (secondary N) is 1. The van der Waals surface area contributed by atoms with Crippen molar-refractivity contribution >= 4 is 35.3 Å². The van der Waals surface area contributed by atoms with Crippen molar-refractivity contribution in [2.75, 3.05) is 18.5 Å². The maximum atomic E-state index is 13.0. The van der Waals surface area contributed by atoms with Crippen LogP contribution in [0.3, 0.4) is 0 Å². The lowest BCUT2D eigenvalue weighted by molar-refractivity contribution is -0.114. The fourth-order valence-electron chi connectivity index (χ4n) is 3.69. The molecule has 1 N–H and O–H groups in total. The van der Waals surface area contributed by atoms with E-state index in [4.69, 9.17) is 0 Å². The van der Waals surface area contributed by atoms with Crippen molar-refractivity contribution < 1.29 is 9.59 Å². The summed E-state index contributed by atoms with van der Waals surface area (Å²) in [5, 5.41) is 3.02. The maximum absolute atomic E-state index is 13.0. The first-order valence-corrected chi connectivity index (χ1v) is 11.5. The molecule has 0 radical (unpaired) electrons. The SMILES string of the molecule is Cc1cccc(/C=C2/Sc3ccc(C(=O)NCC(C)c4ccccc4)cc3N(C)C2=O)c1. The first-order chi connectivity index (χ1) is 15.4. The average Bonchev–Trinajstić information content (AvgIpc) is 2.81. The summed E-state index contributed by atoms with van der Waals surface area (Å²) in [6, 6.07) is 23.7. The number of rotatable bonds is 5. The molecular formula is C27H26N2O2S. The summed E-state index contributed by atoms with van der Waals surface area (Å²) in [7, 11) is 1.75. The maximum Gasteiger partial charge on any atom is 0.264 e. The van der Waals surface area contributed by atoms with Crippen molar-refractivity contribution in [3.8, 4) is 0 Å². The average molecular weight is 443 g/mol. The van der Waals surface area contributed by atoms with Gasteiger partial charge in [-0.25, -0.2) is 0 Å². The molecule has 0 aliphatic carbocycles. The number of carbonyl (C=O) groups excluding carboxylic acids is 2. The highest BCUT2D eigenvalue weighted by Crippen LogP contribution is 2.42. The van der Waals surface area contributed by atoms with Crippen molar-refractivity contribution in [3.05, 3.63) is 100.0 Å². The molecule has 0 saturated heterocycles. The van der Waals surface area contributed by atoms with Crippen molar-refractivity contribution in [2.45, 2.75) is 24.7 Å². The number of nitrogens with zero attached hydrogens (tertiary/aromatic N) is 1. The zero-order chi connectivity index (χ0) is 22.7. The molecule has 1 aliphatic heterocycles. The molecule has 0 spiro atoms. The second-order valence-electron chi connectivity index (χ2n) is 8.09. The highest BCUT2D eigenvalue weighted by atomic mass is 32.2. The number of hydrogen-bond acceptors (Lipinski definition) is 3. The number of thioether (sulfide) groups is 1. The predicted octanol–water partition coefficient (Wildman–Crippen LogP) is 5.64. The Bertz CT molecular complexity index is 1190. The molecular weight excluding hydrogens is 416 g/mol. The van der Waals surface area contributed by atoms with Crippen molar-refractivity contribution in [1.82, 2.24) is 5.32 Å². The Morgan fingerprint density at radius 2 is 1.84 bits per heavy atom. The van der Waals surface area contributed by atoms with Crippen LogP contribution in [0.2, 0.25) is 0 Å². The van der Waals surface area contributed by atoms with Crippen LogP contribution >= 0.6 is 11.8 Å². The fourth-order valence-corrected chi connectivity index (χ4v) is 4.79. The van der Waals surface area contributed by atoms with Crippen molar-refractivity contribution in [3.63, 3.8) is 0 Å². The number of fused-ring (bicyclic) bond motifs is 1. The van der Waals surface area contributed by atoms with Gasteiger partial charge in [0.25, 0.3) is 11.8 Å². The van der Waals surface area contributed by atoms with Crippen LogP contribution < -0.4 is 10.2 Å². The summed E-state index contributed by atoms with van der Waals surface area (Å²) in [6.45, 7) is 4.67. The molecule has 32 heavy (non-hydrogen) atoms. The Morgan fingerprint density at radius 3 is 2.59 bits per heavy atom. The summed E-state index contributed by atoms with van der Waals surface area (Å²) in [5.41, 5.74) is 4.65. The minimum atomic E-state index is -0.137. The molecule has 0 bridgehead atoms. The molecule has 1 heterocycles. The van der Waals surface area contributed by atoms with Gasteiger partial charge in [-0.15, -0.1) is 0 Å². The minimum Gasteiger partial charge on any atom is -0.351 e. The Morgan fingerprint density at radius 1 is 1.06 bits per heavy atom. The van der Waals surface area contributed by atoms with Crippen LogP contribution in [0.25, 0.3) is 6.08 Å². The van der Waals surface area contributed by atoms with Gasteiger partial charge in [0.2, 0.25) is 0 Å². The summed E-state index contributed by atoms with van der Waals surface area (Å²) in [4.78, 5) is 29.0. The lowest BCUT2D eigenvalue weighted by Crippen LogP contribution is -2.31. The molecule has 0 saturated carbocycles. The summed E-state index contributed by atoms with van der Waals surface area (Å²) < 4.78 is 0. The molecule has 0 fully saturated rings. The van der Waals surface area contributed by atoms with E-state index < -0.39 is 0 Å². The molecule has 4 nitrogen and oxygen atoms in total. The lowest BCUT2D eigenvalue weighted by atomic mass is 10.0. The van der Waals surface area contributed by atoms with Gasteiger partial charge in [0.05, 0.1) is 10.6 Å². The van der Waals surface area contributed by atoms with E-state index >= 15 is 0 Å². The van der Waals surface area contributed by atoms with Gasteiger partial charge in [-0.1, -0.05) is 78.8 Å². The number of aryl methyl sites for hydroxylation is 1. The predicted molar refractivity (Wildman–Crippen MR) is 132 cm³/mol. The van der Waals surface area contributed by atoms with Crippen LogP contribution in [0, 0.1) is 6.92 Å². The van der Waals surface area contributed by atoms with E-state index in [1.165, 1.54) is 17.3 Å². The first kappa shape index (κ1) is 21.9. The molecule has 3 aromatic rings. The molecule has 1 aliphatic rings. The Balaban J connectivity index is 1.50. The van der Waals surface area contributed by atoms with Crippen LogP contribution in [-0.2, 0) is 4.79 Å². The number of benzene rings is 3. The van der Waals surface area contributed by atoms with Crippen LogP contribution in [0.5, 0.6) is 0 Å². The Kier molecular flexibility index (Phi) is 6.47. The molecule has 4 rings (SSSR count). The smallest absolute Gasteiger partial charge is 0.264 e. The van der Waals surface area contributed by atoms with Gasteiger partial charge in [-0.3, -0.25) is 9.59 Å². The van der Waals surface area contributed by atoms with E-state index in [2.05, 4.69) is 30.4 Å². The minimum absolute atomic E-state index is 0.0701. The third-order valence-electron chi connectivity index (χ3n) is 5.60. The van der Waals surface area contributed by atoms with Gasteiger partial charge in [-0.2, -0.15) is 0 Å². The molecule has 0 aromatic heterocycles. The fraction of sp³-hybridized carbons (Fsp3) is 0.185. The molecule has 3 aromatic carbocycles. The number of carbonyl (C=O) groups is 2. The van der Waals surface area contributed by atoms with E-state index in [1.54, 1.807) is 18.0 Å². The molecule has 162 valence electrons. The quantitative estimate of drug-likeness (QED) is 0.521. The third-order valence-corrected chi connectivity index (χ3v) is 6.67. The normalized spacial score (nSPS) is 15.4. The molecule has 1 atom stereocenters. The highest BCUT2D eigenvalue weighted by molar-refractivity contribution is 8.04. The van der Waals surface area contributed by atoms with Gasteiger partial charge >= 0.3 is 0 Å². The van der Waals surface area contributed by atoms with Crippen LogP contribution in [0.1, 0.15) is 39.9 Å². The van der Waals surface area contributed by atoms with Crippen LogP contribution in [0.15, 0.2) is 82.6 Å². The van der Waals surface area contributed by atoms with Crippen molar-refractivity contribution in [2.24, 2.45) is 0 Å². The summed E-state index contributed by atoms with van der Waals surface area (Å²) >= 11 is 1.44. The second-order valence-corrected chi connectivity index (χ2v) is 9.18. The molecule has 5 heteroatoms. The Hall–Kier alpha value is -3.31.